The molecule has 1 atom stereocenters. The Kier molecular flexibility index (Phi) is 6.49. The van der Waals surface area contributed by atoms with Crippen LogP contribution in [0.2, 0.25) is 0 Å². The van der Waals surface area contributed by atoms with E-state index in [2.05, 4.69) is 12.2 Å². The van der Waals surface area contributed by atoms with E-state index in [-0.39, 0.29) is 18.4 Å². The number of likely N-dealkylation sites (N-methyl/N-ethyl adjacent to an activating group) is 1. The maximum Gasteiger partial charge on any atom is 0.239 e. The molecule has 0 aromatic rings. The number of carbonyl (C=O) groups excluding carboxylic acids is 2. The summed E-state index contributed by atoms with van der Waals surface area (Å²) in [5.74, 6) is 0.345. The van der Waals surface area contributed by atoms with Gasteiger partial charge in [0.2, 0.25) is 11.8 Å². The Morgan fingerprint density at radius 1 is 1.50 bits per heavy atom. The van der Waals surface area contributed by atoms with Crippen molar-refractivity contribution in [3.8, 4) is 0 Å². The largest absolute Gasteiger partial charge is 0.352 e. The molecule has 0 radical (unpaired) electrons. The highest BCUT2D eigenvalue weighted by Gasteiger charge is 2.24. The molecular weight excluding hydrogens is 250 g/mol. The number of thioether (sulfide) groups is 1. The van der Waals surface area contributed by atoms with Gasteiger partial charge < -0.3 is 16.0 Å². The highest BCUT2D eigenvalue weighted by molar-refractivity contribution is 8.00. The van der Waals surface area contributed by atoms with Gasteiger partial charge >= 0.3 is 0 Å². The van der Waals surface area contributed by atoms with Crippen LogP contribution in [-0.4, -0.2) is 53.9 Å². The lowest BCUT2D eigenvalue weighted by Crippen LogP contribution is -2.40. The Balaban J connectivity index is 2.16. The van der Waals surface area contributed by atoms with Crippen molar-refractivity contribution in [1.82, 2.24) is 10.2 Å². The second kappa shape index (κ2) is 7.63. The van der Waals surface area contributed by atoms with Crippen LogP contribution in [0, 0.1) is 0 Å². The SMILES string of the molecule is CC(CCN)SCC(=O)N(C)CC(=O)NC1CC1. The molecule has 0 aromatic carbocycles. The third-order valence-corrected chi connectivity index (χ3v) is 4.03. The Morgan fingerprint density at radius 3 is 2.72 bits per heavy atom. The fourth-order valence-electron chi connectivity index (χ4n) is 1.45. The van der Waals surface area contributed by atoms with Crippen LogP contribution in [0.4, 0.5) is 0 Å². The van der Waals surface area contributed by atoms with Crippen LogP contribution in [0.1, 0.15) is 26.2 Å². The minimum Gasteiger partial charge on any atom is -0.352 e. The van der Waals surface area contributed by atoms with E-state index >= 15 is 0 Å². The predicted octanol–water partition coefficient (Wildman–Crippen LogP) is 0.194. The first-order valence-electron chi connectivity index (χ1n) is 6.38. The minimum atomic E-state index is -0.0617. The number of nitrogens with zero attached hydrogens (tertiary/aromatic N) is 1. The highest BCUT2D eigenvalue weighted by atomic mass is 32.2. The van der Waals surface area contributed by atoms with Gasteiger partial charge in [0.25, 0.3) is 0 Å². The van der Waals surface area contributed by atoms with Crippen LogP contribution in [0.15, 0.2) is 0 Å². The maximum absolute atomic E-state index is 11.8. The van der Waals surface area contributed by atoms with Gasteiger partial charge in [0.05, 0.1) is 12.3 Å². The first kappa shape index (κ1) is 15.3. The van der Waals surface area contributed by atoms with E-state index in [0.717, 1.165) is 19.3 Å². The Morgan fingerprint density at radius 2 is 2.17 bits per heavy atom. The zero-order valence-corrected chi connectivity index (χ0v) is 12.0. The molecule has 0 bridgehead atoms. The van der Waals surface area contributed by atoms with Crippen molar-refractivity contribution in [2.75, 3.05) is 25.9 Å². The van der Waals surface area contributed by atoms with Crippen LogP contribution in [0.5, 0.6) is 0 Å². The maximum atomic E-state index is 11.8. The molecule has 18 heavy (non-hydrogen) atoms. The first-order valence-corrected chi connectivity index (χ1v) is 7.42. The van der Waals surface area contributed by atoms with Crippen molar-refractivity contribution in [1.29, 1.82) is 0 Å². The van der Waals surface area contributed by atoms with Crippen LogP contribution >= 0.6 is 11.8 Å². The van der Waals surface area contributed by atoms with Gasteiger partial charge in [-0.15, -0.1) is 11.8 Å². The van der Waals surface area contributed by atoms with Gasteiger partial charge in [-0.05, 0) is 25.8 Å². The molecule has 5 nitrogen and oxygen atoms in total. The van der Waals surface area contributed by atoms with E-state index in [4.69, 9.17) is 5.73 Å². The topological polar surface area (TPSA) is 75.4 Å². The Bertz CT molecular complexity index is 295. The van der Waals surface area contributed by atoms with Crippen LogP contribution < -0.4 is 11.1 Å². The summed E-state index contributed by atoms with van der Waals surface area (Å²) in [7, 11) is 1.67. The molecular formula is C12H23N3O2S. The van der Waals surface area contributed by atoms with Gasteiger partial charge in [-0.25, -0.2) is 0 Å². The zero-order valence-electron chi connectivity index (χ0n) is 11.1. The molecule has 0 heterocycles. The molecule has 3 N–H and O–H groups in total. The summed E-state index contributed by atoms with van der Waals surface area (Å²) < 4.78 is 0. The third-order valence-electron chi connectivity index (χ3n) is 2.81. The highest BCUT2D eigenvalue weighted by Crippen LogP contribution is 2.18. The van der Waals surface area contributed by atoms with Gasteiger partial charge in [0.15, 0.2) is 0 Å². The number of amides is 2. The van der Waals surface area contributed by atoms with Crippen molar-refractivity contribution in [3.05, 3.63) is 0 Å². The van der Waals surface area contributed by atoms with E-state index < -0.39 is 0 Å². The first-order chi connectivity index (χ1) is 8.52. The lowest BCUT2D eigenvalue weighted by molar-refractivity contribution is -0.132. The van der Waals surface area contributed by atoms with Crippen LogP contribution in [-0.2, 0) is 9.59 Å². The van der Waals surface area contributed by atoms with E-state index in [9.17, 15) is 9.59 Å². The van der Waals surface area contributed by atoms with Gasteiger partial charge in [-0.2, -0.15) is 0 Å². The molecule has 0 spiro atoms. The fraction of sp³-hybridized carbons (Fsp3) is 0.833. The summed E-state index contributed by atoms with van der Waals surface area (Å²) in [6, 6.07) is 0.347. The number of nitrogens with one attached hydrogen (secondary N) is 1. The zero-order chi connectivity index (χ0) is 13.5. The second-order valence-electron chi connectivity index (χ2n) is 4.79. The van der Waals surface area contributed by atoms with E-state index in [0.29, 0.717) is 23.6 Å². The van der Waals surface area contributed by atoms with Crippen LogP contribution in [0.3, 0.4) is 0 Å². The van der Waals surface area contributed by atoms with Gasteiger partial charge in [0.1, 0.15) is 0 Å². The van der Waals surface area contributed by atoms with Gasteiger partial charge in [-0.1, -0.05) is 6.92 Å². The number of nitrogens with two attached hydrogens (primary N) is 1. The van der Waals surface area contributed by atoms with Crippen molar-refractivity contribution in [2.45, 2.75) is 37.5 Å². The summed E-state index contributed by atoms with van der Waals surface area (Å²) in [4.78, 5) is 24.8. The summed E-state index contributed by atoms with van der Waals surface area (Å²) in [5.41, 5.74) is 5.45. The average molecular weight is 273 g/mol. The normalized spacial score (nSPS) is 16.2. The molecule has 6 heteroatoms. The molecule has 0 saturated heterocycles. The van der Waals surface area contributed by atoms with Crippen molar-refractivity contribution < 1.29 is 9.59 Å². The summed E-state index contributed by atoms with van der Waals surface area (Å²) in [6.45, 7) is 2.85. The molecule has 1 rings (SSSR count). The monoisotopic (exact) mass is 273 g/mol. The minimum absolute atomic E-state index is 0.00480. The number of rotatable bonds is 8. The lowest BCUT2D eigenvalue weighted by atomic mass is 10.3. The standard InChI is InChI=1S/C12H23N3O2S/c1-9(5-6-13)18-8-12(17)15(2)7-11(16)14-10-3-4-10/h9-10H,3-8,13H2,1-2H3,(H,14,16). The average Bonchev–Trinajstić information content (AvgIpc) is 3.09. The molecule has 1 saturated carbocycles. The number of hydrogen-bond donors (Lipinski definition) is 2. The molecule has 1 aliphatic carbocycles. The summed E-state index contributed by atoms with van der Waals surface area (Å²) in [5, 5.41) is 3.25. The molecule has 2 amide bonds. The lowest BCUT2D eigenvalue weighted by Gasteiger charge is -2.17. The van der Waals surface area contributed by atoms with Crippen molar-refractivity contribution in [2.24, 2.45) is 5.73 Å². The molecule has 0 aromatic heterocycles. The van der Waals surface area contributed by atoms with Crippen LogP contribution in [0.25, 0.3) is 0 Å². The fourth-order valence-corrected chi connectivity index (χ4v) is 2.40. The van der Waals surface area contributed by atoms with Gasteiger partial charge in [0, 0.05) is 18.3 Å². The predicted molar refractivity (Wildman–Crippen MR) is 74.4 cm³/mol. The second-order valence-corrected chi connectivity index (χ2v) is 6.22. The van der Waals surface area contributed by atoms with Crippen molar-refractivity contribution in [3.63, 3.8) is 0 Å². The van der Waals surface area contributed by atoms with E-state index in [1.807, 2.05) is 0 Å². The van der Waals surface area contributed by atoms with E-state index in [1.54, 1.807) is 18.8 Å². The Hall–Kier alpha value is -0.750. The molecule has 1 aliphatic rings. The smallest absolute Gasteiger partial charge is 0.239 e. The third kappa shape index (κ3) is 6.26. The molecule has 1 unspecified atom stereocenters. The summed E-state index contributed by atoms with van der Waals surface area (Å²) in [6.07, 6.45) is 3.04. The molecule has 0 aliphatic heterocycles. The van der Waals surface area contributed by atoms with Gasteiger partial charge in [-0.3, -0.25) is 9.59 Å². The molecule has 104 valence electrons. The number of carbonyl (C=O) groups is 2. The number of hydrogen-bond acceptors (Lipinski definition) is 4. The molecule has 1 fully saturated rings. The Labute approximate surface area is 113 Å². The summed E-state index contributed by atoms with van der Waals surface area (Å²) >= 11 is 1.59. The van der Waals surface area contributed by atoms with E-state index in [1.165, 1.54) is 4.90 Å². The quantitative estimate of drug-likeness (QED) is 0.662. The van der Waals surface area contributed by atoms with Crippen molar-refractivity contribution >= 4 is 23.6 Å².